The monoisotopic (exact) mass is 355 g/mol. The molecule has 24 heavy (non-hydrogen) atoms. The van der Waals surface area contributed by atoms with Crippen LogP contribution in [-0.2, 0) is 22.7 Å². The van der Waals surface area contributed by atoms with Gasteiger partial charge in [0.2, 0.25) is 5.91 Å². The van der Waals surface area contributed by atoms with Crippen LogP contribution in [0.5, 0.6) is 5.75 Å². The molecule has 0 saturated heterocycles. The summed E-state index contributed by atoms with van der Waals surface area (Å²) < 4.78 is 12.0. The van der Waals surface area contributed by atoms with Crippen LogP contribution in [0, 0.1) is 0 Å². The third-order valence-corrected chi connectivity index (χ3v) is 3.14. The Hall–Kier alpha value is -2.23. The molecule has 1 heterocycles. The molecule has 0 aliphatic heterocycles. The van der Waals surface area contributed by atoms with Crippen molar-refractivity contribution in [1.82, 2.24) is 25.5 Å². The molecule has 2 N–H and O–H groups in total. The number of hydrogen-bond donors (Lipinski definition) is 2. The fraction of sp³-hybridized carbons (Fsp3) is 0.429. The second-order valence-corrected chi connectivity index (χ2v) is 5.12. The van der Waals surface area contributed by atoms with Crippen LogP contribution in [0.2, 0.25) is 5.02 Å². The maximum Gasteiger partial charge on any atom is 0.241 e. The summed E-state index contributed by atoms with van der Waals surface area (Å²) in [5.41, 5.74) is 0. The summed E-state index contributed by atoms with van der Waals surface area (Å²) in [7, 11) is 0. The molecule has 130 valence electrons. The molecule has 0 aliphatic rings. The summed E-state index contributed by atoms with van der Waals surface area (Å²) in [5.74, 6) is 0.804. The van der Waals surface area contributed by atoms with Gasteiger partial charge in [0, 0.05) is 11.6 Å². The fourth-order valence-electron chi connectivity index (χ4n) is 1.75. The highest BCUT2D eigenvalue weighted by molar-refractivity contribution is 6.30. The Labute approximate surface area is 143 Å². The maximum absolute atomic E-state index is 11.8. The highest BCUT2D eigenvalue weighted by atomic mass is 35.5. The van der Waals surface area contributed by atoms with Crippen molar-refractivity contribution in [2.24, 2.45) is 0 Å². The molecule has 10 heteroatoms. The van der Waals surface area contributed by atoms with Gasteiger partial charge in [0.25, 0.3) is 0 Å². The van der Waals surface area contributed by atoms with Crippen molar-refractivity contribution in [3.8, 4) is 5.75 Å². The molecule has 0 spiro atoms. The van der Waals surface area contributed by atoms with Crippen molar-refractivity contribution in [3.05, 3.63) is 35.1 Å². The van der Waals surface area contributed by atoms with E-state index in [1.807, 2.05) is 0 Å². The number of nitrogens with zero attached hydrogens (tertiary/aromatic N) is 4. The van der Waals surface area contributed by atoms with E-state index in [0.29, 0.717) is 29.7 Å². The van der Waals surface area contributed by atoms with E-state index in [2.05, 4.69) is 20.8 Å². The van der Waals surface area contributed by atoms with Gasteiger partial charge in [-0.1, -0.05) is 11.6 Å². The average molecular weight is 356 g/mol. The minimum Gasteiger partial charge on any atom is -0.486 e. The summed E-state index contributed by atoms with van der Waals surface area (Å²) in [6, 6.07) is 6.89. The molecule has 0 bridgehead atoms. The van der Waals surface area contributed by atoms with Crippen molar-refractivity contribution < 1.29 is 19.4 Å². The van der Waals surface area contributed by atoms with E-state index in [1.165, 1.54) is 4.68 Å². The van der Waals surface area contributed by atoms with Crippen LogP contribution in [0.15, 0.2) is 24.3 Å². The van der Waals surface area contributed by atoms with Crippen molar-refractivity contribution in [1.29, 1.82) is 0 Å². The summed E-state index contributed by atoms with van der Waals surface area (Å²) in [4.78, 5) is 11.8. The van der Waals surface area contributed by atoms with Crippen LogP contribution >= 0.6 is 11.6 Å². The third kappa shape index (κ3) is 6.11. The quantitative estimate of drug-likeness (QED) is 0.578. The zero-order valence-electron chi connectivity index (χ0n) is 12.9. The smallest absolute Gasteiger partial charge is 0.241 e. The van der Waals surface area contributed by atoms with Crippen LogP contribution in [-0.4, -0.2) is 57.6 Å². The number of tetrazole rings is 1. The molecule has 1 amide bonds. The Bertz CT molecular complexity index is 634. The van der Waals surface area contributed by atoms with Crippen LogP contribution in [0.4, 0.5) is 0 Å². The van der Waals surface area contributed by atoms with E-state index in [-0.39, 0.29) is 32.3 Å². The number of aliphatic hydroxyl groups is 1. The van der Waals surface area contributed by atoms with E-state index < -0.39 is 0 Å². The van der Waals surface area contributed by atoms with Gasteiger partial charge >= 0.3 is 0 Å². The van der Waals surface area contributed by atoms with Crippen LogP contribution in [0.1, 0.15) is 5.82 Å². The summed E-state index contributed by atoms with van der Waals surface area (Å²) >= 11 is 5.81. The number of aliphatic hydroxyl groups excluding tert-OH is 1. The zero-order valence-corrected chi connectivity index (χ0v) is 13.6. The number of rotatable bonds is 10. The van der Waals surface area contributed by atoms with Crippen molar-refractivity contribution in [2.75, 3.05) is 26.4 Å². The number of halogens is 1. The zero-order chi connectivity index (χ0) is 17.2. The first-order valence-electron chi connectivity index (χ1n) is 7.27. The molecule has 0 saturated carbocycles. The van der Waals surface area contributed by atoms with Gasteiger partial charge in [-0.15, -0.1) is 5.10 Å². The summed E-state index contributed by atoms with van der Waals surface area (Å²) in [5, 5.41) is 23.0. The lowest BCUT2D eigenvalue weighted by Gasteiger charge is -2.08. The first-order valence-corrected chi connectivity index (χ1v) is 7.65. The lowest BCUT2D eigenvalue weighted by Crippen LogP contribution is -2.31. The number of aromatic nitrogens is 4. The van der Waals surface area contributed by atoms with E-state index in [9.17, 15) is 4.79 Å². The topological polar surface area (TPSA) is 111 Å². The van der Waals surface area contributed by atoms with E-state index in [0.717, 1.165) is 0 Å². The Morgan fingerprint density at radius 2 is 2.08 bits per heavy atom. The number of nitrogens with one attached hydrogen (secondary N) is 1. The highest BCUT2D eigenvalue weighted by Gasteiger charge is 2.11. The minimum absolute atomic E-state index is 0.0215. The van der Waals surface area contributed by atoms with Crippen LogP contribution in [0.3, 0.4) is 0 Å². The van der Waals surface area contributed by atoms with Gasteiger partial charge < -0.3 is 19.9 Å². The van der Waals surface area contributed by atoms with Crippen LogP contribution in [0.25, 0.3) is 0 Å². The molecular weight excluding hydrogens is 338 g/mol. The molecule has 2 rings (SSSR count). The molecule has 0 fully saturated rings. The number of benzene rings is 1. The third-order valence-electron chi connectivity index (χ3n) is 2.89. The summed E-state index contributed by atoms with van der Waals surface area (Å²) in [6.07, 6.45) is 0. The first-order chi connectivity index (χ1) is 11.7. The largest absolute Gasteiger partial charge is 0.486 e. The molecule has 0 unspecified atom stereocenters. The van der Waals surface area contributed by atoms with Gasteiger partial charge in [0.05, 0.1) is 19.8 Å². The summed E-state index contributed by atoms with van der Waals surface area (Å²) in [6.45, 7) is 0.977. The number of amides is 1. The molecule has 0 radical (unpaired) electrons. The van der Waals surface area contributed by atoms with Gasteiger partial charge in [0.1, 0.15) is 18.9 Å². The number of carbonyl (C=O) groups is 1. The number of hydrogen-bond acceptors (Lipinski definition) is 7. The number of ether oxygens (including phenoxy) is 2. The van der Waals surface area contributed by atoms with Crippen LogP contribution < -0.4 is 10.1 Å². The predicted molar refractivity (Wildman–Crippen MR) is 84.5 cm³/mol. The molecular formula is C14H18ClN5O4. The second-order valence-electron chi connectivity index (χ2n) is 4.68. The van der Waals surface area contributed by atoms with Gasteiger partial charge in [-0.2, -0.15) is 0 Å². The Morgan fingerprint density at radius 3 is 2.83 bits per heavy atom. The normalized spacial score (nSPS) is 10.6. The van der Waals surface area contributed by atoms with Gasteiger partial charge in [0.15, 0.2) is 5.82 Å². The van der Waals surface area contributed by atoms with Crippen molar-refractivity contribution >= 4 is 17.5 Å². The average Bonchev–Trinajstić information content (AvgIpc) is 3.01. The molecule has 9 nitrogen and oxygen atoms in total. The predicted octanol–water partition coefficient (Wildman–Crippen LogP) is 0.0306. The van der Waals surface area contributed by atoms with Crippen molar-refractivity contribution in [2.45, 2.75) is 13.2 Å². The van der Waals surface area contributed by atoms with E-state index in [1.54, 1.807) is 24.3 Å². The van der Waals surface area contributed by atoms with Gasteiger partial charge in [-0.05, 0) is 34.7 Å². The van der Waals surface area contributed by atoms with Gasteiger partial charge in [-0.25, -0.2) is 4.68 Å². The molecule has 2 aromatic rings. The molecule has 0 aliphatic carbocycles. The highest BCUT2D eigenvalue weighted by Crippen LogP contribution is 2.16. The van der Waals surface area contributed by atoms with Crippen molar-refractivity contribution in [3.63, 3.8) is 0 Å². The standard InChI is InChI=1S/C14H18ClN5O4/c15-11-1-3-12(4-2-11)24-10-13-17-18-19-20(13)9-14(22)16-5-7-23-8-6-21/h1-4,21H,5-10H2,(H,16,22). The number of carbonyl (C=O) groups excluding carboxylic acids is 1. The fourth-order valence-corrected chi connectivity index (χ4v) is 1.88. The molecule has 0 atom stereocenters. The van der Waals surface area contributed by atoms with E-state index in [4.69, 9.17) is 26.2 Å². The Morgan fingerprint density at radius 1 is 1.29 bits per heavy atom. The van der Waals surface area contributed by atoms with E-state index >= 15 is 0 Å². The lowest BCUT2D eigenvalue weighted by atomic mass is 10.3. The van der Waals surface area contributed by atoms with Gasteiger partial charge in [-0.3, -0.25) is 4.79 Å². The minimum atomic E-state index is -0.248. The SMILES string of the molecule is O=C(Cn1nnnc1COc1ccc(Cl)cc1)NCCOCCO. The molecule has 1 aromatic carbocycles. The Kier molecular flexibility index (Phi) is 7.40. The molecule has 1 aromatic heterocycles. The first kappa shape index (κ1) is 18.1. The Balaban J connectivity index is 1.77. The maximum atomic E-state index is 11.8. The second kappa shape index (κ2) is 9.81. The lowest BCUT2D eigenvalue weighted by molar-refractivity contribution is -0.122.